The van der Waals surface area contributed by atoms with Gasteiger partial charge in [0.15, 0.2) is 0 Å². The first-order chi connectivity index (χ1) is 5.97. The molecule has 0 aromatic carbocycles. The zero-order valence-electron chi connectivity index (χ0n) is 8.49. The molecule has 0 rings (SSSR count). The highest BCUT2D eigenvalue weighted by Crippen LogP contribution is 2.10. The van der Waals surface area contributed by atoms with Crippen LogP contribution in [0.15, 0.2) is 12.7 Å². The Morgan fingerprint density at radius 2 is 2.08 bits per heavy atom. The van der Waals surface area contributed by atoms with E-state index in [0.717, 1.165) is 6.08 Å². The van der Waals surface area contributed by atoms with Crippen molar-refractivity contribution < 1.29 is 14.6 Å². The standard InChI is InChI=1S/C10H18O3/c1-5-10(12)13-8(4)9(11)6-7(2)3/h5,7-9,11H,1,6H2,2-4H3. The van der Waals surface area contributed by atoms with Crippen LogP contribution in [-0.2, 0) is 9.53 Å². The molecular formula is C10H18O3. The van der Waals surface area contributed by atoms with Gasteiger partial charge in [0.05, 0.1) is 6.10 Å². The molecule has 0 aliphatic heterocycles. The molecule has 0 bridgehead atoms. The van der Waals surface area contributed by atoms with Gasteiger partial charge in [-0.2, -0.15) is 0 Å². The maximum absolute atomic E-state index is 10.8. The Morgan fingerprint density at radius 3 is 2.46 bits per heavy atom. The summed E-state index contributed by atoms with van der Waals surface area (Å²) in [6.45, 7) is 8.96. The van der Waals surface area contributed by atoms with Crippen molar-refractivity contribution in [3.8, 4) is 0 Å². The van der Waals surface area contributed by atoms with Crippen molar-refractivity contribution in [1.29, 1.82) is 0 Å². The second-order valence-electron chi connectivity index (χ2n) is 3.54. The summed E-state index contributed by atoms with van der Waals surface area (Å²) < 4.78 is 4.86. The third-order valence-electron chi connectivity index (χ3n) is 1.72. The van der Waals surface area contributed by atoms with E-state index in [-0.39, 0.29) is 0 Å². The number of hydrogen-bond donors (Lipinski definition) is 1. The molecule has 0 saturated heterocycles. The lowest BCUT2D eigenvalue weighted by Crippen LogP contribution is -2.29. The molecule has 13 heavy (non-hydrogen) atoms. The first-order valence-corrected chi connectivity index (χ1v) is 4.48. The molecule has 0 saturated carbocycles. The summed E-state index contributed by atoms with van der Waals surface area (Å²) in [6, 6.07) is 0. The minimum absolute atomic E-state index is 0.389. The van der Waals surface area contributed by atoms with Gasteiger partial charge in [-0.25, -0.2) is 4.79 Å². The van der Waals surface area contributed by atoms with Crippen molar-refractivity contribution in [1.82, 2.24) is 0 Å². The van der Waals surface area contributed by atoms with Crippen molar-refractivity contribution in [2.24, 2.45) is 5.92 Å². The van der Waals surface area contributed by atoms with Crippen LogP contribution >= 0.6 is 0 Å². The molecule has 3 nitrogen and oxygen atoms in total. The molecule has 2 unspecified atom stereocenters. The molecule has 0 spiro atoms. The fourth-order valence-electron chi connectivity index (χ4n) is 0.984. The molecule has 2 atom stereocenters. The van der Waals surface area contributed by atoms with Crippen LogP contribution in [0.3, 0.4) is 0 Å². The van der Waals surface area contributed by atoms with Crippen molar-refractivity contribution in [2.75, 3.05) is 0 Å². The second kappa shape index (κ2) is 5.75. The van der Waals surface area contributed by atoms with Gasteiger partial charge in [-0.15, -0.1) is 0 Å². The van der Waals surface area contributed by atoms with E-state index >= 15 is 0 Å². The van der Waals surface area contributed by atoms with Gasteiger partial charge in [-0.1, -0.05) is 20.4 Å². The average molecular weight is 186 g/mol. The van der Waals surface area contributed by atoms with Crippen LogP contribution in [0.25, 0.3) is 0 Å². The molecule has 0 radical (unpaired) electrons. The number of hydrogen-bond acceptors (Lipinski definition) is 3. The molecule has 0 heterocycles. The smallest absolute Gasteiger partial charge is 0.330 e. The molecule has 0 aromatic heterocycles. The van der Waals surface area contributed by atoms with Crippen molar-refractivity contribution in [3.63, 3.8) is 0 Å². The van der Waals surface area contributed by atoms with E-state index in [9.17, 15) is 9.90 Å². The van der Waals surface area contributed by atoms with Crippen LogP contribution in [0.5, 0.6) is 0 Å². The number of rotatable bonds is 5. The predicted molar refractivity (Wildman–Crippen MR) is 51.2 cm³/mol. The van der Waals surface area contributed by atoms with Crippen LogP contribution in [0.1, 0.15) is 27.2 Å². The van der Waals surface area contributed by atoms with Crippen LogP contribution in [0.2, 0.25) is 0 Å². The first-order valence-electron chi connectivity index (χ1n) is 4.48. The van der Waals surface area contributed by atoms with E-state index in [0.29, 0.717) is 12.3 Å². The lowest BCUT2D eigenvalue weighted by Gasteiger charge is -2.19. The fourth-order valence-corrected chi connectivity index (χ4v) is 0.984. The fraction of sp³-hybridized carbons (Fsp3) is 0.700. The highest BCUT2D eigenvalue weighted by atomic mass is 16.6. The topological polar surface area (TPSA) is 46.5 Å². The quantitative estimate of drug-likeness (QED) is 0.523. The Balaban J connectivity index is 3.88. The zero-order chi connectivity index (χ0) is 10.4. The normalized spacial score (nSPS) is 15.2. The van der Waals surface area contributed by atoms with Crippen LogP contribution < -0.4 is 0 Å². The van der Waals surface area contributed by atoms with Crippen molar-refractivity contribution in [2.45, 2.75) is 39.4 Å². The van der Waals surface area contributed by atoms with Gasteiger partial charge < -0.3 is 9.84 Å². The molecule has 3 heteroatoms. The molecule has 0 aliphatic rings. The monoisotopic (exact) mass is 186 g/mol. The highest BCUT2D eigenvalue weighted by Gasteiger charge is 2.18. The average Bonchev–Trinajstić information content (AvgIpc) is 2.02. The summed E-state index contributed by atoms with van der Waals surface area (Å²) in [5.41, 5.74) is 0. The lowest BCUT2D eigenvalue weighted by molar-refractivity contribution is -0.148. The number of carbonyl (C=O) groups is 1. The van der Waals surface area contributed by atoms with E-state index in [4.69, 9.17) is 4.74 Å². The van der Waals surface area contributed by atoms with Gasteiger partial charge in [0.25, 0.3) is 0 Å². The van der Waals surface area contributed by atoms with Gasteiger partial charge in [-0.05, 0) is 19.3 Å². The van der Waals surface area contributed by atoms with E-state index in [1.165, 1.54) is 0 Å². The molecule has 0 fully saturated rings. The highest BCUT2D eigenvalue weighted by molar-refractivity contribution is 5.81. The summed E-state index contributed by atoms with van der Waals surface area (Å²) in [4.78, 5) is 10.8. The Hall–Kier alpha value is -0.830. The SMILES string of the molecule is C=CC(=O)OC(C)C(O)CC(C)C. The Morgan fingerprint density at radius 1 is 1.54 bits per heavy atom. The zero-order valence-corrected chi connectivity index (χ0v) is 8.49. The van der Waals surface area contributed by atoms with Crippen LogP contribution in [-0.4, -0.2) is 23.3 Å². The van der Waals surface area contributed by atoms with Crippen LogP contribution in [0, 0.1) is 5.92 Å². The molecule has 0 aromatic rings. The van der Waals surface area contributed by atoms with Gasteiger partial charge in [0, 0.05) is 6.08 Å². The molecule has 1 N–H and O–H groups in total. The Labute approximate surface area is 79.4 Å². The van der Waals surface area contributed by atoms with Gasteiger partial charge >= 0.3 is 5.97 Å². The summed E-state index contributed by atoms with van der Waals surface area (Å²) in [6.07, 6.45) is 0.668. The molecule has 0 aliphatic carbocycles. The summed E-state index contributed by atoms with van der Waals surface area (Å²) in [5.74, 6) is -0.102. The van der Waals surface area contributed by atoms with Crippen molar-refractivity contribution in [3.05, 3.63) is 12.7 Å². The molecule has 0 amide bonds. The summed E-state index contributed by atoms with van der Waals surface area (Å²) in [5, 5.41) is 9.52. The largest absolute Gasteiger partial charge is 0.457 e. The van der Waals surface area contributed by atoms with E-state index in [1.807, 2.05) is 13.8 Å². The van der Waals surface area contributed by atoms with Crippen LogP contribution in [0.4, 0.5) is 0 Å². The predicted octanol–water partition coefficient (Wildman–Crippen LogP) is 1.51. The summed E-state index contributed by atoms with van der Waals surface area (Å²) >= 11 is 0. The number of ether oxygens (including phenoxy) is 1. The number of aliphatic hydroxyl groups is 1. The van der Waals surface area contributed by atoms with Gasteiger partial charge in [0.1, 0.15) is 6.10 Å². The van der Waals surface area contributed by atoms with E-state index in [2.05, 4.69) is 6.58 Å². The molecule has 76 valence electrons. The minimum atomic E-state index is -0.594. The number of esters is 1. The Bertz CT molecular complexity index is 175. The Kier molecular flexibility index (Phi) is 5.39. The minimum Gasteiger partial charge on any atom is -0.457 e. The van der Waals surface area contributed by atoms with E-state index in [1.54, 1.807) is 6.92 Å². The lowest BCUT2D eigenvalue weighted by atomic mass is 10.0. The maximum atomic E-state index is 10.8. The second-order valence-corrected chi connectivity index (χ2v) is 3.54. The van der Waals surface area contributed by atoms with Gasteiger partial charge in [-0.3, -0.25) is 0 Å². The molecular weight excluding hydrogens is 168 g/mol. The van der Waals surface area contributed by atoms with E-state index < -0.39 is 18.2 Å². The third kappa shape index (κ3) is 5.42. The maximum Gasteiger partial charge on any atom is 0.330 e. The third-order valence-corrected chi connectivity index (χ3v) is 1.72. The summed E-state index contributed by atoms with van der Waals surface area (Å²) in [7, 11) is 0. The first kappa shape index (κ1) is 12.2. The van der Waals surface area contributed by atoms with Gasteiger partial charge in [0.2, 0.25) is 0 Å². The number of carbonyl (C=O) groups excluding carboxylic acids is 1. The van der Waals surface area contributed by atoms with Crippen molar-refractivity contribution >= 4 is 5.97 Å². The number of aliphatic hydroxyl groups excluding tert-OH is 1.